The molecule has 1 aliphatic rings. The van der Waals surface area contributed by atoms with Gasteiger partial charge in [-0.25, -0.2) is 0 Å². The van der Waals surface area contributed by atoms with Gasteiger partial charge in [-0.1, -0.05) is 12.1 Å². The van der Waals surface area contributed by atoms with E-state index in [4.69, 9.17) is 14.2 Å². The fraction of sp³-hybridized carbons (Fsp3) is 0.389. The number of imide groups is 1. The Balaban J connectivity index is 2.31. The zero-order valence-corrected chi connectivity index (χ0v) is 15.9. The minimum Gasteiger partial charge on any atom is -0.493 e. The van der Waals surface area contributed by atoms with E-state index in [1.807, 2.05) is 13.8 Å². The molecule has 0 aromatic heterocycles. The highest BCUT2D eigenvalue weighted by Gasteiger charge is 2.36. The van der Waals surface area contributed by atoms with Gasteiger partial charge in [-0.15, -0.1) is 0 Å². The van der Waals surface area contributed by atoms with Gasteiger partial charge in [-0.2, -0.15) is 0 Å². The van der Waals surface area contributed by atoms with Gasteiger partial charge in [0.1, 0.15) is 6.54 Å². The van der Waals surface area contributed by atoms with Gasteiger partial charge in [-0.05, 0) is 44.7 Å². The van der Waals surface area contributed by atoms with E-state index < -0.39 is 23.7 Å². The van der Waals surface area contributed by atoms with E-state index in [1.165, 1.54) is 7.11 Å². The first-order valence-electron chi connectivity index (χ1n) is 8.12. The molecule has 0 spiro atoms. The molecule has 1 fully saturated rings. The SMILES string of the molecule is CCOC(=O)CN1C(=O)SC(=Cc2cccc(OC)c2OC(C)C)C1=O. The smallest absolute Gasteiger partial charge is 0.326 e. The van der Waals surface area contributed by atoms with Crippen LogP contribution < -0.4 is 9.47 Å². The predicted octanol–water partition coefficient (Wildman–Crippen LogP) is 3.08. The molecule has 0 unspecified atom stereocenters. The van der Waals surface area contributed by atoms with Crippen molar-refractivity contribution in [3.8, 4) is 11.5 Å². The third-order valence-electron chi connectivity index (χ3n) is 3.34. The number of methoxy groups -OCH3 is 1. The number of hydrogen-bond acceptors (Lipinski definition) is 7. The Morgan fingerprint density at radius 1 is 1.31 bits per heavy atom. The standard InChI is InChI=1S/C18H21NO6S/c1-5-24-15(20)10-19-17(21)14(26-18(19)22)9-12-7-6-8-13(23-4)16(12)25-11(2)3/h6-9,11H,5,10H2,1-4H3. The van der Waals surface area contributed by atoms with Crippen LogP contribution in [0, 0.1) is 0 Å². The van der Waals surface area contributed by atoms with Crippen molar-refractivity contribution in [3.63, 3.8) is 0 Å². The van der Waals surface area contributed by atoms with Gasteiger partial charge in [0, 0.05) is 5.56 Å². The maximum absolute atomic E-state index is 12.5. The minimum absolute atomic E-state index is 0.0997. The van der Waals surface area contributed by atoms with Crippen molar-refractivity contribution in [1.82, 2.24) is 4.90 Å². The normalized spacial score (nSPS) is 15.7. The molecule has 1 aliphatic heterocycles. The number of para-hydroxylation sites is 1. The molecule has 0 radical (unpaired) electrons. The van der Waals surface area contributed by atoms with Gasteiger partial charge in [0.15, 0.2) is 11.5 Å². The van der Waals surface area contributed by atoms with Gasteiger partial charge in [0.25, 0.3) is 11.1 Å². The molecule has 0 aliphatic carbocycles. The summed E-state index contributed by atoms with van der Waals surface area (Å²) in [6.07, 6.45) is 1.47. The highest BCUT2D eigenvalue weighted by molar-refractivity contribution is 8.18. The zero-order valence-electron chi connectivity index (χ0n) is 15.1. The lowest BCUT2D eigenvalue weighted by Crippen LogP contribution is -2.34. The fourth-order valence-corrected chi connectivity index (χ4v) is 3.11. The quantitative estimate of drug-likeness (QED) is 0.532. The number of nitrogens with zero attached hydrogens (tertiary/aromatic N) is 1. The van der Waals surface area contributed by atoms with E-state index >= 15 is 0 Å². The lowest BCUT2D eigenvalue weighted by Gasteiger charge is -2.16. The first-order chi connectivity index (χ1) is 12.4. The second kappa shape index (κ2) is 8.75. The van der Waals surface area contributed by atoms with E-state index in [2.05, 4.69) is 0 Å². The molecule has 140 valence electrons. The Morgan fingerprint density at radius 3 is 2.65 bits per heavy atom. The number of amides is 2. The second-order valence-corrected chi connectivity index (χ2v) is 6.61. The van der Waals surface area contributed by atoms with E-state index in [1.54, 1.807) is 31.2 Å². The minimum atomic E-state index is -0.624. The summed E-state index contributed by atoms with van der Waals surface area (Å²) in [6.45, 7) is 5.20. The third-order valence-corrected chi connectivity index (χ3v) is 4.24. The van der Waals surface area contributed by atoms with Crippen LogP contribution in [0.2, 0.25) is 0 Å². The summed E-state index contributed by atoms with van der Waals surface area (Å²) >= 11 is 0.772. The van der Waals surface area contributed by atoms with Gasteiger partial charge >= 0.3 is 5.97 Å². The van der Waals surface area contributed by atoms with Crippen LogP contribution in [-0.4, -0.2) is 48.4 Å². The number of esters is 1. The summed E-state index contributed by atoms with van der Waals surface area (Å²) < 4.78 is 15.9. The van der Waals surface area contributed by atoms with Crippen molar-refractivity contribution in [3.05, 3.63) is 28.7 Å². The average molecular weight is 379 g/mol. The molecule has 1 saturated heterocycles. The van der Waals surface area contributed by atoms with E-state index in [0.29, 0.717) is 17.1 Å². The third kappa shape index (κ3) is 4.57. The number of hydrogen-bond donors (Lipinski definition) is 0. The van der Waals surface area contributed by atoms with Crippen LogP contribution in [0.4, 0.5) is 4.79 Å². The highest BCUT2D eigenvalue weighted by Crippen LogP contribution is 2.37. The number of thioether (sulfide) groups is 1. The zero-order chi connectivity index (χ0) is 19.3. The van der Waals surface area contributed by atoms with Crippen molar-refractivity contribution in [1.29, 1.82) is 0 Å². The number of benzene rings is 1. The van der Waals surface area contributed by atoms with Crippen LogP contribution >= 0.6 is 11.8 Å². The largest absolute Gasteiger partial charge is 0.493 e. The topological polar surface area (TPSA) is 82.1 Å². The van der Waals surface area contributed by atoms with E-state index in [-0.39, 0.29) is 17.6 Å². The van der Waals surface area contributed by atoms with Crippen molar-refractivity contribution in [2.45, 2.75) is 26.9 Å². The fourth-order valence-electron chi connectivity index (χ4n) is 2.28. The van der Waals surface area contributed by atoms with Crippen molar-refractivity contribution in [2.75, 3.05) is 20.3 Å². The first kappa shape index (κ1) is 19.8. The molecule has 1 aromatic carbocycles. The summed E-state index contributed by atoms with van der Waals surface area (Å²) in [5.74, 6) is -0.145. The van der Waals surface area contributed by atoms with Crippen molar-refractivity contribution < 1.29 is 28.6 Å². The number of ether oxygens (including phenoxy) is 3. The Bertz CT molecular complexity index is 743. The van der Waals surface area contributed by atoms with Crippen LogP contribution in [0.25, 0.3) is 6.08 Å². The lowest BCUT2D eigenvalue weighted by atomic mass is 10.1. The first-order valence-corrected chi connectivity index (χ1v) is 8.93. The molecule has 1 aromatic rings. The second-order valence-electron chi connectivity index (χ2n) is 5.62. The molecule has 0 bridgehead atoms. The van der Waals surface area contributed by atoms with Gasteiger partial charge in [0.2, 0.25) is 0 Å². The predicted molar refractivity (Wildman–Crippen MR) is 98.1 cm³/mol. The Labute approximate surface area is 156 Å². The van der Waals surface area contributed by atoms with Crippen LogP contribution in [0.15, 0.2) is 23.1 Å². The molecule has 1 heterocycles. The van der Waals surface area contributed by atoms with Crippen LogP contribution in [0.3, 0.4) is 0 Å². The molecule has 0 atom stereocenters. The molecular weight excluding hydrogens is 358 g/mol. The van der Waals surface area contributed by atoms with E-state index in [9.17, 15) is 14.4 Å². The molecule has 2 amide bonds. The maximum Gasteiger partial charge on any atom is 0.326 e. The average Bonchev–Trinajstić information content (AvgIpc) is 2.83. The number of carbonyl (C=O) groups excluding carboxylic acids is 3. The Morgan fingerprint density at radius 2 is 2.04 bits per heavy atom. The number of carbonyl (C=O) groups is 3. The van der Waals surface area contributed by atoms with Crippen molar-refractivity contribution in [2.24, 2.45) is 0 Å². The summed E-state index contributed by atoms with van der Waals surface area (Å²) in [4.78, 5) is 37.2. The summed E-state index contributed by atoms with van der Waals surface area (Å²) in [5.41, 5.74) is 0.611. The van der Waals surface area contributed by atoms with Crippen molar-refractivity contribution >= 4 is 35.0 Å². The Hall–Kier alpha value is -2.48. The molecule has 2 rings (SSSR count). The van der Waals surface area contributed by atoms with Gasteiger partial charge < -0.3 is 14.2 Å². The molecule has 0 saturated carbocycles. The highest BCUT2D eigenvalue weighted by atomic mass is 32.2. The summed E-state index contributed by atoms with van der Waals surface area (Å²) in [5, 5.41) is -0.511. The number of rotatable bonds is 7. The Kier molecular flexibility index (Phi) is 6.68. The van der Waals surface area contributed by atoms with Crippen LogP contribution in [0.1, 0.15) is 26.3 Å². The van der Waals surface area contributed by atoms with Gasteiger partial charge in [-0.3, -0.25) is 19.3 Å². The van der Waals surface area contributed by atoms with Gasteiger partial charge in [0.05, 0.1) is 24.7 Å². The molecule has 26 heavy (non-hydrogen) atoms. The molecule has 8 heteroatoms. The molecule has 0 N–H and O–H groups in total. The van der Waals surface area contributed by atoms with Crippen LogP contribution in [0.5, 0.6) is 11.5 Å². The summed E-state index contributed by atoms with van der Waals surface area (Å²) in [6, 6.07) is 5.28. The van der Waals surface area contributed by atoms with E-state index in [0.717, 1.165) is 16.7 Å². The van der Waals surface area contributed by atoms with Crippen LogP contribution in [-0.2, 0) is 14.3 Å². The summed E-state index contributed by atoms with van der Waals surface area (Å²) in [7, 11) is 1.53. The molecular formula is C18H21NO6S. The molecule has 7 nitrogen and oxygen atoms in total. The maximum atomic E-state index is 12.5. The lowest BCUT2D eigenvalue weighted by molar-refractivity contribution is -0.145. The monoisotopic (exact) mass is 379 g/mol.